The molecule has 0 aliphatic heterocycles. The third-order valence-corrected chi connectivity index (χ3v) is 3.89. The van der Waals surface area contributed by atoms with E-state index in [9.17, 15) is 4.79 Å². The van der Waals surface area contributed by atoms with Crippen LogP contribution in [0.3, 0.4) is 0 Å². The van der Waals surface area contributed by atoms with Gasteiger partial charge in [0, 0.05) is 33.8 Å². The van der Waals surface area contributed by atoms with Crippen LogP contribution < -0.4 is 4.90 Å². The van der Waals surface area contributed by atoms with Crippen LogP contribution in [0.5, 0.6) is 0 Å². The van der Waals surface area contributed by atoms with Crippen molar-refractivity contribution < 1.29 is 4.79 Å². The van der Waals surface area contributed by atoms with Crippen molar-refractivity contribution in [2.75, 3.05) is 11.9 Å². The first-order valence-corrected chi connectivity index (χ1v) is 7.39. The molecule has 0 N–H and O–H groups in total. The minimum absolute atomic E-state index is 0.697. The molecule has 0 unspecified atom stereocenters. The second kappa shape index (κ2) is 6.35. The standard InChI is InChI=1S/C15H13Br2NO/c1-18(9-11-2-5-13(16)6-3-11)15-8-14(17)7-4-12(15)10-19/h2-8,10H,9H2,1H3. The molecule has 0 saturated carbocycles. The van der Waals surface area contributed by atoms with Crippen LogP contribution in [0.1, 0.15) is 15.9 Å². The van der Waals surface area contributed by atoms with Crippen molar-refractivity contribution in [3.05, 3.63) is 62.5 Å². The number of carbonyl (C=O) groups is 1. The van der Waals surface area contributed by atoms with E-state index >= 15 is 0 Å². The van der Waals surface area contributed by atoms with Gasteiger partial charge >= 0.3 is 0 Å². The summed E-state index contributed by atoms with van der Waals surface area (Å²) in [6, 6.07) is 13.8. The normalized spacial score (nSPS) is 10.3. The van der Waals surface area contributed by atoms with Crippen LogP contribution in [0, 0.1) is 0 Å². The fourth-order valence-electron chi connectivity index (χ4n) is 1.90. The first-order valence-electron chi connectivity index (χ1n) is 5.80. The molecule has 19 heavy (non-hydrogen) atoms. The number of aldehydes is 1. The van der Waals surface area contributed by atoms with E-state index in [4.69, 9.17) is 0 Å². The Morgan fingerprint density at radius 3 is 2.32 bits per heavy atom. The molecule has 0 bridgehead atoms. The third kappa shape index (κ3) is 3.67. The summed E-state index contributed by atoms with van der Waals surface area (Å²) in [6.07, 6.45) is 0.889. The van der Waals surface area contributed by atoms with E-state index in [0.717, 1.165) is 27.5 Å². The Hall–Kier alpha value is -1.13. The lowest BCUT2D eigenvalue weighted by molar-refractivity contribution is 0.112. The summed E-state index contributed by atoms with van der Waals surface area (Å²) in [5, 5.41) is 0. The van der Waals surface area contributed by atoms with Crippen molar-refractivity contribution in [1.29, 1.82) is 0 Å². The zero-order chi connectivity index (χ0) is 13.8. The summed E-state index contributed by atoms with van der Waals surface area (Å²) < 4.78 is 2.03. The molecule has 2 nitrogen and oxygen atoms in total. The Morgan fingerprint density at radius 2 is 1.68 bits per heavy atom. The molecule has 4 heteroatoms. The average Bonchev–Trinajstić information content (AvgIpc) is 2.41. The molecule has 0 aliphatic rings. The maximum absolute atomic E-state index is 11.1. The van der Waals surface area contributed by atoms with Gasteiger partial charge in [-0.3, -0.25) is 4.79 Å². The van der Waals surface area contributed by atoms with Gasteiger partial charge in [0.2, 0.25) is 0 Å². The van der Waals surface area contributed by atoms with E-state index in [1.54, 1.807) is 0 Å². The van der Waals surface area contributed by atoms with Crippen molar-refractivity contribution in [2.45, 2.75) is 6.54 Å². The maximum atomic E-state index is 11.1. The van der Waals surface area contributed by atoms with Gasteiger partial charge in [-0.05, 0) is 35.9 Å². The Balaban J connectivity index is 2.24. The smallest absolute Gasteiger partial charge is 0.152 e. The van der Waals surface area contributed by atoms with Crippen molar-refractivity contribution in [3.8, 4) is 0 Å². The third-order valence-electron chi connectivity index (χ3n) is 2.86. The molecule has 0 saturated heterocycles. The SMILES string of the molecule is CN(Cc1ccc(Br)cc1)c1cc(Br)ccc1C=O. The Morgan fingerprint density at radius 1 is 1.05 bits per heavy atom. The van der Waals surface area contributed by atoms with Crippen LogP contribution in [0.25, 0.3) is 0 Å². The first-order chi connectivity index (χ1) is 9.10. The lowest BCUT2D eigenvalue weighted by atomic mass is 10.1. The summed E-state index contributed by atoms with van der Waals surface area (Å²) in [5.74, 6) is 0. The average molecular weight is 383 g/mol. The molecular formula is C15H13Br2NO. The molecule has 0 heterocycles. The van der Waals surface area contributed by atoms with Gasteiger partial charge < -0.3 is 4.90 Å². The zero-order valence-electron chi connectivity index (χ0n) is 10.4. The summed E-state index contributed by atoms with van der Waals surface area (Å²) in [6.45, 7) is 0.755. The lowest BCUT2D eigenvalue weighted by Crippen LogP contribution is -2.17. The minimum Gasteiger partial charge on any atom is -0.370 e. The highest BCUT2D eigenvalue weighted by Crippen LogP contribution is 2.24. The zero-order valence-corrected chi connectivity index (χ0v) is 13.6. The van der Waals surface area contributed by atoms with Crippen molar-refractivity contribution in [2.24, 2.45) is 0 Å². The largest absolute Gasteiger partial charge is 0.370 e. The van der Waals surface area contributed by atoms with E-state index in [-0.39, 0.29) is 0 Å². The highest BCUT2D eigenvalue weighted by molar-refractivity contribution is 9.10. The van der Waals surface area contributed by atoms with E-state index in [0.29, 0.717) is 5.56 Å². The fourth-order valence-corrected chi connectivity index (χ4v) is 2.51. The van der Waals surface area contributed by atoms with Crippen LogP contribution in [0.4, 0.5) is 5.69 Å². The van der Waals surface area contributed by atoms with Crippen LogP contribution in [-0.2, 0) is 6.54 Å². The number of hydrogen-bond acceptors (Lipinski definition) is 2. The molecule has 2 aromatic carbocycles. The van der Waals surface area contributed by atoms with Crippen LogP contribution in [-0.4, -0.2) is 13.3 Å². The van der Waals surface area contributed by atoms with E-state index in [2.05, 4.69) is 48.9 Å². The number of hydrogen-bond donors (Lipinski definition) is 0. The minimum atomic E-state index is 0.697. The van der Waals surface area contributed by atoms with Crippen molar-refractivity contribution in [3.63, 3.8) is 0 Å². The van der Waals surface area contributed by atoms with Gasteiger partial charge in [0.05, 0.1) is 0 Å². The Bertz CT molecular complexity index is 581. The molecule has 0 fully saturated rings. The topological polar surface area (TPSA) is 20.3 Å². The summed E-state index contributed by atoms with van der Waals surface area (Å²) >= 11 is 6.86. The molecule has 2 aromatic rings. The number of halogens is 2. The quantitative estimate of drug-likeness (QED) is 0.716. The van der Waals surface area contributed by atoms with Gasteiger partial charge in [0.1, 0.15) is 0 Å². The molecular weight excluding hydrogens is 370 g/mol. The monoisotopic (exact) mass is 381 g/mol. The van der Waals surface area contributed by atoms with Crippen LogP contribution in [0.2, 0.25) is 0 Å². The first kappa shape index (κ1) is 14.3. The van der Waals surface area contributed by atoms with Gasteiger partial charge in [-0.2, -0.15) is 0 Å². The number of anilines is 1. The maximum Gasteiger partial charge on any atom is 0.152 e. The molecule has 0 atom stereocenters. The van der Waals surface area contributed by atoms with Gasteiger partial charge in [-0.15, -0.1) is 0 Å². The Kier molecular flexibility index (Phi) is 4.77. The number of nitrogens with zero attached hydrogens (tertiary/aromatic N) is 1. The molecule has 2 rings (SSSR count). The summed E-state index contributed by atoms with van der Waals surface area (Å²) in [7, 11) is 1.98. The highest BCUT2D eigenvalue weighted by Gasteiger charge is 2.08. The van der Waals surface area contributed by atoms with Gasteiger partial charge in [-0.1, -0.05) is 44.0 Å². The number of benzene rings is 2. The van der Waals surface area contributed by atoms with E-state index in [1.165, 1.54) is 5.56 Å². The van der Waals surface area contributed by atoms with E-state index < -0.39 is 0 Å². The molecule has 0 amide bonds. The van der Waals surface area contributed by atoms with Gasteiger partial charge in [0.15, 0.2) is 6.29 Å². The summed E-state index contributed by atoms with van der Waals surface area (Å²) in [5.41, 5.74) is 2.82. The highest BCUT2D eigenvalue weighted by atomic mass is 79.9. The van der Waals surface area contributed by atoms with Crippen LogP contribution in [0.15, 0.2) is 51.4 Å². The number of rotatable bonds is 4. The second-order valence-corrected chi connectivity index (χ2v) is 6.13. The predicted molar refractivity (Wildman–Crippen MR) is 85.8 cm³/mol. The van der Waals surface area contributed by atoms with Gasteiger partial charge in [0.25, 0.3) is 0 Å². The summed E-state index contributed by atoms with van der Waals surface area (Å²) in [4.78, 5) is 13.2. The molecule has 0 aliphatic carbocycles. The fraction of sp³-hybridized carbons (Fsp3) is 0.133. The molecule has 0 spiro atoms. The van der Waals surface area contributed by atoms with Gasteiger partial charge in [-0.25, -0.2) is 0 Å². The molecule has 98 valence electrons. The molecule has 0 aromatic heterocycles. The molecule has 0 radical (unpaired) electrons. The Labute approximate surface area is 129 Å². The second-order valence-electron chi connectivity index (χ2n) is 4.30. The van der Waals surface area contributed by atoms with Crippen molar-refractivity contribution >= 4 is 43.8 Å². The predicted octanol–water partition coefficient (Wildman–Crippen LogP) is 4.66. The lowest BCUT2D eigenvalue weighted by Gasteiger charge is -2.21. The number of carbonyl (C=O) groups excluding carboxylic acids is 1. The van der Waals surface area contributed by atoms with Crippen LogP contribution >= 0.6 is 31.9 Å². The van der Waals surface area contributed by atoms with E-state index in [1.807, 2.05) is 37.4 Å². The van der Waals surface area contributed by atoms with Crippen molar-refractivity contribution in [1.82, 2.24) is 0 Å².